The molecular weight excluding hydrogens is 411 g/mol. The van der Waals surface area contributed by atoms with Crippen molar-refractivity contribution in [1.82, 2.24) is 15.6 Å². The Kier molecular flexibility index (Phi) is 13.5. The molecule has 1 aromatic rings. The summed E-state index contributed by atoms with van der Waals surface area (Å²) in [5, 5.41) is 6.54. The average molecular weight is 438 g/mol. The van der Waals surface area contributed by atoms with E-state index < -0.39 is 0 Å². The standard InChI is InChI=1S/C15H26N4OS.HI/c1-4-9-20-14-7-6-13(11-18-14)12-19-15(16-5-2)17-8-10-21-3;/h6-7,11H,4-5,8-10,12H2,1-3H3,(H2,16,17,19);1H. The van der Waals surface area contributed by atoms with Crippen molar-refractivity contribution >= 4 is 41.7 Å². The van der Waals surface area contributed by atoms with Crippen LogP contribution in [0.3, 0.4) is 0 Å². The minimum Gasteiger partial charge on any atom is -0.478 e. The van der Waals surface area contributed by atoms with Gasteiger partial charge in [0.05, 0.1) is 13.2 Å². The fraction of sp³-hybridized carbons (Fsp3) is 0.600. The molecule has 0 radical (unpaired) electrons. The van der Waals surface area contributed by atoms with E-state index in [0.717, 1.165) is 36.8 Å². The highest BCUT2D eigenvalue weighted by Crippen LogP contribution is 2.08. The summed E-state index contributed by atoms with van der Waals surface area (Å²) in [5.74, 6) is 2.59. The van der Waals surface area contributed by atoms with E-state index in [2.05, 4.69) is 40.7 Å². The highest BCUT2D eigenvalue weighted by molar-refractivity contribution is 14.0. The number of hydrogen-bond acceptors (Lipinski definition) is 4. The third-order valence-corrected chi connectivity index (χ3v) is 3.23. The van der Waals surface area contributed by atoms with E-state index in [-0.39, 0.29) is 24.0 Å². The van der Waals surface area contributed by atoms with E-state index in [4.69, 9.17) is 4.74 Å². The number of halogens is 1. The molecule has 0 saturated heterocycles. The van der Waals surface area contributed by atoms with Crippen LogP contribution >= 0.6 is 35.7 Å². The van der Waals surface area contributed by atoms with E-state index >= 15 is 0 Å². The van der Waals surface area contributed by atoms with Crippen molar-refractivity contribution in [3.05, 3.63) is 23.9 Å². The Morgan fingerprint density at radius 2 is 2.14 bits per heavy atom. The second-order valence-electron chi connectivity index (χ2n) is 4.47. The number of hydrogen-bond donors (Lipinski definition) is 2. The molecule has 5 nitrogen and oxygen atoms in total. The van der Waals surface area contributed by atoms with Crippen LogP contribution in [0.4, 0.5) is 0 Å². The lowest BCUT2D eigenvalue weighted by atomic mass is 10.3. The first-order valence-corrected chi connectivity index (χ1v) is 8.78. The lowest BCUT2D eigenvalue weighted by Gasteiger charge is -2.10. The maximum Gasteiger partial charge on any atom is 0.213 e. The van der Waals surface area contributed by atoms with Gasteiger partial charge in [-0.05, 0) is 25.2 Å². The number of nitrogens with zero attached hydrogens (tertiary/aromatic N) is 2. The Balaban J connectivity index is 0.00000441. The van der Waals surface area contributed by atoms with Gasteiger partial charge in [-0.2, -0.15) is 11.8 Å². The van der Waals surface area contributed by atoms with Crippen LogP contribution < -0.4 is 15.4 Å². The normalized spacial score (nSPS) is 10.8. The number of rotatable bonds is 9. The topological polar surface area (TPSA) is 58.5 Å². The van der Waals surface area contributed by atoms with Crippen molar-refractivity contribution in [2.24, 2.45) is 4.99 Å². The molecule has 0 fully saturated rings. The molecule has 0 amide bonds. The summed E-state index contributed by atoms with van der Waals surface area (Å²) < 4.78 is 5.47. The Hall–Kier alpha value is -0.700. The predicted octanol–water partition coefficient (Wildman–Crippen LogP) is 2.91. The third kappa shape index (κ3) is 9.34. The van der Waals surface area contributed by atoms with Crippen LogP contribution in [0.5, 0.6) is 5.88 Å². The Morgan fingerprint density at radius 1 is 1.32 bits per heavy atom. The van der Waals surface area contributed by atoms with Gasteiger partial charge in [0, 0.05) is 31.1 Å². The number of nitrogens with one attached hydrogen (secondary N) is 2. The van der Waals surface area contributed by atoms with Crippen LogP contribution in [-0.2, 0) is 6.54 Å². The van der Waals surface area contributed by atoms with Crippen molar-refractivity contribution in [2.75, 3.05) is 31.7 Å². The summed E-state index contributed by atoms with van der Waals surface area (Å²) in [7, 11) is 0. The Morgan fingerprint density at radius 3 is 2.73 bits per heavy atom. The van der Waals surface area contributed by atoms with Gasteiger partial charge >= 0.3 is 0 Å². The van der Waals surface area contributed by atoms with Gasteiger partial charge in [-0.3, -0.25) is 0 Å². The van der Waals surface area contributed by atoms with Crippen LogP contribution in [0.15, 0.2) is 23.3 Å². The van der Waals surface area contributed by atoms with Gasteiger partial charge in [-0.25, -0.2) is 9.98 Å². The molecule has 0 unspecified atom stereocenters. The summed E-state index contributed by atoms with van der Waals surface area (Å²) in [6, 6.07) is 3.90. The molecule has 7 heteroatoms. The Labute approximate surface area is 155 Å². The predicted molar refractivity (Wildman–Crippen MR) is 107 cm³/mol. The molecule has 2 N–H and O–H groups in total. The van der Waals surface area contributed by atoms with Crippen LogP contribution in [-0.4, -0.2) is 42.6 Å². The van der Waals surface area contributed by atoms with E-state index in [1.54, 1.807) is 0 Å². The first-order chi connectivity index (χ1) is 10.3. The number of guanidine groups is 1. The van der Waals surface area contributed by atoms with Crippen molar-refractivity contribution in [3.8, 4) is 5.88 Å². The summed E-state index contributed by atoms with van der Waals surface area (Å²) in [6.45, 7) is 7.22. The second kappa shape index (κ2) is 13.9. The highest BCUT2D eigenvalue weighted by Gasteiger charge is 1.99. The van der Waals surface area contributed by atoms with Gasteiger partial charge < -0.3 is 15.4 Å². The van der Waals surface area contributed by atoms with Crippen LogP contribution in [0.25, 0.3) is 0 Å². The lowest BCUT2D eigenvalue weighted by Crippen LogP contribution is -2.38. The number of aliphatic imine (C=N–C) groups is 1. The zero-order valence-electron chi connectivity index (χ0n) is 13.6. The third-order valence-electron chi connectivity index (χ3n) is 2.61. The molecule has 0 aliphatic heterocycles. The zero-order valence-corrected chi connectivity index (χ0v) is 16.7. The lowest BCUT2D eigenvalue weighted by molar-refractivity contribution is 0.305. The number of aromatic nitrogens is 1. The SMILES string of the molecule is CCCOc1ccc(CN=C(NCC)NCCSC)cn1.I. The van der Waals surface area contributed by atoms with E-state index in [1.807, 2.05) is 30.1 Å². The van der Waals surface area contributed by atoms with Gasteiger partial charge in [0.15, 0.2) is 5.96 Å². The number of pyridine rings is 1. The van der Waals surface area contributed by atoms with Gasteiger partial charge in [0.1, 0.15) is 0 Å². The smallest absolute Gasteiger partial charge is 0.213 e. The van der Waals surface area contributed by atoms with Gasteiger partial charge in [0.2, 0.25) is 5.88 Å². The molecule has 1 rings (SSSR count). The molecule has 0 spiro atoms. The van der Waals surface area contributed by atoms with Gasteiger partial charge in [-0.1, -0.05) is 13.0 Å². The second-order valence-corrected chi connectivity index (χ2v) is 5.45. The van der Waals surface area contributed by atoms with E-state index in [9.17, 15) is 0 Å². The molecule has 1 aromatic heterocycles. The minimum atomic E-state index is 0. The molecule has 1 heterocycles. The number of thioether (sulfide) groups is 1. The van der Waals surface area contributed by atoms with Crippen molar-refractivity contribution in [2.45, 2.75) is 26.8 Å². The van der Waals surface area contributed by atoms with E-state index in [0.29, 0.717) is 19.0 Å². The molecule has 126 valence electrons. The average Bonchev–Trinajstić information content (AvgIpc) is 2.52. The van der Waals surface area contributed by atoms with Crippen LogP contribution in [0.2, 0.25) is 0 Å². The first kappa shape index (κ1) is 21.3. The van der Waals surface area contributed by atoms with Crippen molar-refractivity contribution in [3.63, 3.8) is 0 Å². The molecule has 0 aliphatic rings. The molecular formula is C15H27IN4OS. The minimum absolute atomic E-state index is 0. The Bertz CT molecular complexity index is 415. The molecule has 22 heavy (non-hydrogen) atoms. The largest absolute Gasteiger partial charge is 0.478 e. The number of ether oxygens (including phenoxy) is 1. The van der Waals surface area contributed by atoms with Gasteiger partial charge in [-0.15, -0.1) is 24.0 Å². The molecule has 0 bridgehead atoms. The quantitative estimate of drug-likeness (QED) is 0.269. The van der Waals surface area contributed by atoms with Crippen molar-refractivity contribution in [1.29, 1.82) is 0 Å². The summed E-state index contributed by atoms with van der Waals surface area (Å²) in [4.78, 5) is 8.83. The maximum absolute atomic E-state index is 5.47. The van der Waals surface area contributed by atoms with E-state index in [1.165, 1.54) is 0 Å². The molecule has 0 aromatic carbocycles. The molecule has 0 atom stereocenters. The molecule has 0 saturated carbocycles. The molecule has 0 aliphatic carbocycles. The fourth-order valence-electron chi connectivity index (χ4n) is 1.58. The first-order valence-electron chi connectivity index (χ1n) is 7.39. The van der Waals surface area contributed by atoms with Crippen molar-refractivity contribution < 1.29 is 4.74 Å². The van der Waals surface area contributed by atoms with Crippen LogP contribution in [0.1, 0.15) is 25.8 Å². The fourth-order valence-corrected chi connectivity index (χ4v) is 1.89. The summed E-state index contributed by atoms with van der Waals surface area (Å²) in [6.07, 6.45) is 4.90. The maximum atomic E-state index is 5.47. The zero-order chi connectivity index (χ0) is 15.3. The summed E-state index contributed by atoms with van der Waals surface area (Å²) >= 11 is 1.82. The van der Waals surface area contributed by atoms with Gasteiger partial charge in [0.25, 0.3) is 0 Å². The highest BCUT2D eigenvalue weighted by atomic mass is 127. The monoisotopic (exact) mass is 438 g/mol. The van der Waals surface area contributed by atoms with Crippen LogP contribution in [0, 0.1) is 0 Å². The summed E-state index contributed by atoms with van der Waals surface area (Å²) in [5.41, 5.74) is 1.07.